The lowest BCUT2D eigenvalue weighted by atomic mass is 9.71. The summed E-state index contributed by atoms with van der Waals surface area (Å²) in [6, 6.07) is 1.92. The first-order valence-electron chi connectivity index (χ1n) is 10.1. The van der Waals surface area contributed by atoms with Crippen LogP contribution in [0.25, 0.3) is 0 Å². The van der Waals surface area contributed by atoms with Gasteiger partial charge in [0.25, 0.3) is 11.5 Å². The minimum absolute atomic E-state index is 0.124. The van der Waals surface area contributed by atoms with Gasteiger partial charge in [-0.3, -0.25) is 9.59 Å². The van der Waals surface area contributed by atoms with E-state index in [-0.39, 0.29) is 22.9 Å². The number of pyridine rings is 1. The Morgan fingerprint density at radius 1 is 1.33 bits per heavy atom. The Kier molecular flexibility index (Phi) is 6.06. The lowest BCUT2D eigenvalue weighted by Gasteiger charge is -2.47. The number of aliphatic hydroxyl groups is 1. The Balaban J connectivity index is 1.84. The van der Waals surface area contributed by atoms with Crippen LogP contribution in [0.5, 0.6) is 0 Å². The monoisotopic (exact) mass is 376 g/mol. The number of piperidine rings is 1. The number of hydrogen-bond acceptors (Lipinski definition) is 4. The van der Waals surface area contributed by atoms with E-state index in [1.807, 2.05) is 19.9 Å². The first-order valence-corrected chi connectivity index (χ1v) is 10.1. The molecule has 1 N–H and O–H groups in total. The zero-order chi connectivity index (χ0) is 19.6. The van der Waals surface area contributed by atoms with Crippen molar-refractivity contribution in [3.8, 4) is 0 Å². The number of nitrogens with zero attached hydrogens (tertiary/aromatic N) is 2. The number of hydrogen-bond donors (Lipinski definition) is 1. The molecule has 6 nitrogen and oxygen atoms in total. The van der Waals surface area contributed by atoms with Crippen molar-refractivity contribution in [2.45, 2.75) is 64.5 Å². The van der Waals surface area contributed by atoms with Crippen LogP contribution in [0, 0.1) is 19.8 Å². The van der Waals surface area contributed by atoms with Crippen LogP contribution in [0.3, 0.4) is 0 Å². The summed E-state index contributed by atoms with van der Waals surface area (Å²) < 4.78 is 6.77. The Labute approximate surface area is 161 Å². The maximum Gasteiger partial charge on any atom is 0.263 e. The minimum Gasteiger partial charge on any atom is -0.389 e. The van der Waals surface area contributed by atoms with Crippen LogP contribution in [-0.4, -0.2) is 52.9 Å². The van der Waals surface area contributed by atoms with Gasteiger partial charge < -0.3 is 19.3 Å². The topological polar surface area (TPSA) is 71.8 Å². The molecular formula is C21H32N2O4. The van der Waals surface area contributed by atoms with Crippen LogP contribution < -0.4 is 5.56 Å². The fourth-order valence-corrected chi connectivity index (χ4v) is 4.75. The van der Waals surface area contributed by atoms with E-state index in [4.69, 9.17) is 4.74 Å². The van der Waals surface area contributed by atoms with Crippen molar-refractivity contribution in [2.24, 2.45) is 5.92 Å². The predicted octanol–water partition coefficient (Wildman–Crippen LogP) is 2.27. The Hall–Kier alpha value is -1.66. The molecule has 0 aromatic carbocycles. The van der Waals surface area contributed by atoms with Gasteiger partial charge in [-0.15, -0.1) is 0 Å². The third-order valence-electron chi connectivity index (χ3n) is 6.36. The van der Waals surface area contributed by atoms with Crippen LogP contribution in [-0.2, 0) is 11.3 Å². The number of methoxy groups -OCH3 is 1. The summed E-state index contributed by atoms with van der Waals surface area (Å²) in [5, 5.41) is 10.9. The number of aryl methyl sites for hydroxylation is 2. The molecule has 0 spiro atoms. The minimum atomic E-state index is -0.627. The van der Waals surface area contributed by atoms with Crippen molar-refractivity contribution in [3.05, 3.63) is 33.2 Å². The number of carbonyl (C=O) groups is 1. The summed E-state index contributed by atoms with van der Waals surface area (Å²) in [6.45, 7) is 5.92. The number of aromatic nitrogens is 1. The summed E-state index contributed by atoms with van der Waals surface area (Å²) >= 11 is 0. The van der Waals surface area contributed by atoms with Crippen molar-refractivity contribution in [1.29, 1.82) is 0 Å². The second-order valence-corrected chi connectivity index (χ2v) is 8.19. The van der Waals surface area contributed by atoms with Gasteiger partial charge in [0, 0.05) is 45.0 Å². The molecule has 1 aromatic heterocycles. The Morgan fingerprint density at radius 2 is 2.11 bits per heavy atom. The van der Waals surface area contributed by atoms with Gasteiger partial charge in [0.2, 0.25) is 0 Å². The molecule has 2 aliphatic rings. The van der Waals surface area contributed by atoms with Crippen molar-refractivity contribution in [1.82, 2.24) is 9.47 Å². The number of fused-ring (bicyclic) bond motifs is 1. The molecule has 150 valence electrons. The molecule has 0 bridgehead atoms. The van der Waals surface area contributed by atoms with E-state index in [1.54, 1.807) is 16.6 Å². The number of likely N-dealkylation sites (tertiary alicyclic amines) is 1. The summed E-state index contributed by atoms with van der Waals surface area (Å²) in [4.78, 5) is 28.1. The van der Waals surface area contributed by atoms with Crippen molar-refractivity contribution in [3.63, 3.8) is 0 Å². The van der Waals surface area contributed by atoms with Gasteiger partial charge in [-0.1, -0.05) is 12.8 Å². The number of rotatable bonds is 5. The molecule has 0 radical (unpaired) electrons. The van der Waals surface area contributed by atoms with Gasteiger partial charge in [0.05, 0.1) is 5.60 Å². The molecule has 27 heavy (non-hydrogen) atoms. The smallest absolute Gasteiger partial charge is 0.263 e. The van der Waals surface area contributed by atoms with Gasteiger partial charge in [-0.05, 0) is 51.2 Å². The van der Waals surface area contributed by atoms with Crippen LogP contribution in [0.2, 0.25) is 0 Å². The Morgan fingerprint density at radius 3 is 2.85 bits per heavy atom. The van der Waals surface area contributed by atoms with Gasteiger partial charge in [0.15, 0.2) is 0 Å². The molecule has 1 saturated heterocycles. The van der Waals surface area contributed by atoms with Crippen molar-refractivity contribution >= 4 is 5.91 Å². The molecule has 1 aliphatic carbocycles. The van der Waals surface area contributed by atoms with E-state index in [0.29, 0.717) is 32.7 Å². The van der Waals surface area contributed by atoms with E-state index in [1.165, 1.54) is 0 Å². The molecule has 2 atom stereocenters. The normalized spacial score (nSPS) is 25.3. The third kappa shape index (κ3) is 3.97. The SMILES string of the molecule is COCCCn1c(C)cc(C)c(C(=O)N2CC[C@]3(O)CCCC[C@@H]3C2)c1=O. The molecule has 1 aliphatic heterocycles. The highest BCUT2D eigenvalue weighted by molar-refractivity contribution is 5.95. The molecule has 1 aromatic rings. The van der Waals surface area contributed by atoms with Crippen LogP contribution >= 0.6 is 0 Å². The van der Waals surface area contributed by atoms with Crippen LogP contribution in [0.4, 0.5) is 0 Å². The van der Waals surface area contributed by atoms with E-state index in [9.17, 15) is 14.7 Å². The van der Waals surface area contributed by atoms with Gasteiger partial charge in [0.1, 0.15) is 5.56 Å². The molecule has 1 amide bonds. The second-order valence-electron chi connectivity index (χ2n) is 8.19. The van der Waals surface area contributed by atoms with Crippen LogP contribution in [0.1, 0.15) is 60.1 Å². The zero-order valence-corrected chi connectivity index (χ0v) is 16.8. The summed E-state index contributed by atoms with van der Waals surface area (Å²) in [5.41, 5.74) is 1.04. The standard InChI is InChI=1S/C21H32N2O4/c1-15-13-16(2)23(10-6-12-27-3)20(25)18(15)19(24)22-11-9-21(26)8-5-4-7-17(21)14-22/h13,17,26H,4-12,14H2,1-3H3/t17-,21-/m1/s1. The average molecular weight is 376 g/mol. The number of carbonyl (C=O) groups excluding carboxylic acids is 1. The molecule has 2 fully saturated rings. The van der Waals surface area contributed by atoms with Gasteiger partial charge in [-0.25, -0.2) is 0 Å². The molecule has 6 heteroatoms. The second kappa shape index (κ2) is 8.15. The summed E-state index contributed by atoms with van der Waals surface area (Å²) in [7, 11) is 1.64. The first kappa shape index (κ1) is 20.1. The van der Waals surface area contributed by atoms with Crippen molar-refractivity contribution < 1.29 is 14.6 Å². The van der Waals surface area contributed by atoms with E-state index >= 15 is 0 Å². The average Bonchev–Trinajstić information content (AvgIpc) is 2.63. The van der Waals surface area contributed by atoms with E-state index < -0.39 is 5.60 Å². The third-order valence-corrected chi connectivity index (χ3v) is 6.36. The van der Waals surface area contributed by atoms with Crippen LogP contribution in [0.15, 0.2) is 10.9 Å². The maximum atomic E-state index is 13.2. The largest absolute Gasteiger partial charge is 0.389 e. The molecule has 3 rings (SSSR count). The molecular weight excluding hydrogens is 344 g/mol. The highest BCUT2D eigenvalue weighted by atomic mass is 16.5. The molecule has 0 unspecified atom stereocenters. The number of amides is 1. The van der Waals surface area contributed by atoms with Gasteiger partial charge >= 0.3 is 0 Å². The Bertz CT molecular complexity index is 757. The fraction of sp³-hybridized carbons (Fsp3) is 0.714. The molecule has 2 heterocycles. The van der Waals surface area contributed by atoms with Crippen molar-refractivity contribution in [2.75, 3.05) is 26.8 Å². The predicted molar refractivity (Wildman–Crippen MR) is 104 cm³/mol. The first-order chi connectivity index (χ1) is 12.9. The lowest BCUT2D eigenvalue weighted by molar-refractivity contribution is -0.0886. The summed E-state index contributed by atoms with van der Waals surface area (Å²) in [5.74, 6) is -0.0655. The van der Waals surface area contributed by atoms with E-state index in [2.05, 4.69) is 0 Å². The highest BCUT2D eigenvalue weighted by Crippen LogP contribution is 2.40. The maximum absolute atomic E-state index is 13.2. The zero-order valence-electron chi connectivity index (χ0n) is 16.8. The fourth-order valence-electron chi connectivity index (χ4n) is 4.75. The highest BCUT2D eigenvalue weighted by Gasteiger charge is 2.44. The number of ether oxygens (including phenoxy) is 1. The molecule has 1 saturated carbocycles. The van der Waals surface area contributed by atoms with Gasteiger partial charge in [-0.2, -0.15) is 0 Å². The quantitative estimate of drug-likeness (QED) is 0.800. The lowest BCUT2D eigenvalue weighted by Crippen LogP contribution is -2.55. The van der Waals surface area contributed by atoms with E-state index in [0.717, 1.165) is 43.4 Å². The summed E-state index contributed by atoms with van der Waals surface area (Å²) in [6.07, 6.45) is 5.28.